The first-order chi connectivity index (χ1) is 16.1. The number of amides is 1. The third-order valence-corrected chi connectivity index (χ3v) is 6.21. The number of hydrogen-bond donors (Lipinski definition) is 1. The van der Waals surface area contributed by atoms with Gasteiger partial charge in [-0.3, -0.25) is 4.79 Å². The second-order valence-electron chi connectivity index (χ2n) is 8.62. The molecular weight excluding hydrogens is 424 g/mol. The fourth-order valence-corrected chi connectivity index (χ4v) is 4.41. The number of aromatic nitrogens is 4. The summed E-state index contributed by atoms with van der Waals surface area (Å²) in [4.78, 5) is 32.5. The molecular formula is C22H34N8O3. The number of ether oxygens (including phenoxy) is 1. The molecule has 2 aliphatic heterocycles. The summed E-state index contributed by atoms with van der Waals surface area (Å²) in [5.41, 5.74) is 6.49. The monoisotopic (exact) mass is 458 g/mol. The van der Waals surface area contributed by atoms with Crippen LogP contribution in [0.1, 0.15) is 55.7 Å². The lowest BCUT2D eigenvalue weighted by atomic mass is 10.0. The van der Waals surface area contributed by atoms with Gasteiger partial charge in [-0.1, -0.05) is 12.1 Å². The second kappa shape index (κ2) is 10.9. The smallest absolute Gasteiger partial charge is 0.324 e. The Bertz CT molecular complexity index is 897. The normalized spacial score (nSPS) is 19.3. The molecule has 2 N–H and O–H groups in total. The Balaban J connectivity index is 1.32. The molecule has 11 nitrogen and oxygen atoms in total. The van der Waals surface area contributed by atoms with Crippen LogP contribution in [-0.4, -0.2) is 82.3 Å². The molecule has 11 heteroatoms. The van der Waals surface area contributed by atoms with Gasteiger partial charge in [-0.15, -0.1) is 0 Å². The summed E-state index contributed by atoms with van der Waals surface area (Å²) in [5.74, 6) is 1.16. The Hall–Kier alpha value is -2.79. The SMILES string of the molecule is CCCOCc1noc(N2CCC(N(CC)C(=O)c3cnc(N4CC[C@@H](N)C4)nc3)CC2)n1. The van der Waals surface area contributed by atoms with E-state index in [1.165, 1.54) is 0 Å². The summed E-state index contributed by atoms with van der Waals surface area (Å²) in [5, 5.41) is 4.00. The average Bonchev–Trinajstić information content (AvgIpc) is 3.49. The lowest BCUT2D eigenvalue weighted by Gasteiger charge is -2.37. The van der Waals surface area contributed by atoms with E-state index in [0.717, 1.165) is 51.9 Å². The number of carbonyl (C=O) groups is 1. The lowest BCUT2D eigenvalue weighted by Crippen LogP contribution is -2.47. The van der Waals surface area contributed by atoms with E-state index in [0.29, 0.717) is 43.1 Å². The minimum absolute atomic E-state index is 0.0335. The van der Waals surface area contributed by atoms with Crippen LogP contribution >= 0.6 is 0 Å². The Morgan fingerprint density at radius 3 is 2.55 bits per heavy atom. The number of nitrogens with zero attached hydrogens (tertiary/aromatic N) is 7. The summed E-state index contributed by atoms with van der Waals surface area (Å²) < 4.78 is 10.9. The number of carbonyl (C=O) groups excluding carboxylic acids is 1. The molecule has 0 spiro atoms. The van der Waals surface area contributed by atoms with Gasteiger partial charge in [-0.25, -0.2) is 9.97 Å². The molecule has 1 atom stereocenters. The van der Waals surface area contributed by atoms with Crippen LogP contribution in [0, 0.1) is 0 Å². The van der Waals surface area contributed by atoms with Crippen molar-refractivity contribution in [3.8, 4) is 0 Å². The summed E-state index contributed by atoms with van der Waals surface area (Å²) >= 11 is 0. The zero-order chi connectivity index (χ0) is 23.2. The average molecular weight is 459 g/mol. The topological polar surface area (TPSA) is 127 Å². The number of hydrogen-bond acceptors (Lipinski definition) is 10. The van der Waals surface area contributed by atoms with Crippen molar-refractivity contribution >= 4 is 17.9 Å². The van der Waals surface area contributed by atoms with E-state index < -0.39 is 0 Å². The van der Waals surface area contributed by atoms with Crippen molar-refractivity contribution in [3.05, 3.63) is 23.8 Å². The van der Waals surface area contributed by atoms with Crippen LogP contribution in [-0.2, 0) is 11.3 Å². The molecule has 33 heavy (non-hydrogen) atoms. The summed E-state index contributed by atoms with van der Waals surface area (Å²) in [6.45, 7) is 8.82. The zero-order valence-electron chi connectivity index (χ0n) is 19.5. The molecule has 2 aliphatic rings. The number of rotatable bonds is 9. The van der Waals surface area contributed by atoms with Crippen molar-refractivity contribution in [2.24, 2.45) is 5.73 Å². The van der Waals surface area contributed by atoms with Gasteiger partial charge in [0.15, 0.2) is 5.82 Å². The number of nitrogens with two attached hydrogens (primary N) is 1. The van der Waals surface area contributed by atoms with Crippen LogP contribution in [0.5, 0.6) is 0 Å². The van der Waals surface area contributed by atoms with Gasteiger partial charge in [-0.05, 0) is 32.6 Å². The van der Waals surface area contributed by atoms with Crippen molar-refractivity contribution in [3.63, 3.8) is 0 Å². The molecule has 0 aromatic carbocycles. The molecule has 4 heterocycles. The van der Waals surface area contributed by atoms with Crippen molar-refractivity contribution in [2.45, 2.75) is 58.2 Å². The maximum absolute atomic E-state index is 13.2. The molecule has 0 unspecified atom stereocenters. The Labute approximate surface area is 194 Å². The highest BCUT2D eigenvalue weighted by Gasteiger charge is 2.30. The van der Waals surface area contributed by atoms with Crippen molar-refractivity contribution in [1.82, 2.24) is 25.0 Å². The summed E-state index contributed by atoms with van der Waals surface area (Å²) in [6.07, 6.45) is 6.81. The minimum Gasteiger partial charge on any atom is -0.373 e. The van der Waals surface area contributed by atoms with E-state index in [1.54, 1.807) is 12.4 Å². The molecule has 180 valence electrons. The molecule has 1 amide bonds. The molecule has 2 fully saturated rings. The van der Waals surface area contributed by atoms with Crippen LogP contribution < -0.4 is 15.5 Å². The van der Waals surface area contributed by atoms with Crippen LogP contribution in [0.2, 0.25) is 0 Å². The van der Waals surface area contributed by atoms with E-state index in [2.05, 4.69) is 36.8 Å². The molecule has 0 saturated carbocycles. The van der Waals surface area contributed by atoms with Crippen LogP contribution in [0.15, 0.2) is 16.9 Å². The fourth-order valence-electron chi connectivity index (χ4n) is 4.41. The van der Waals surface area contributed by atoms with Gasteiger partial charge >= 0.3 is 6.01 Å². The second-order valence-corrected chi connectivity index (χ2v) is 8.62. The van der Waals surface area contributed by atoms with Crippen molar-refractivity contribution < 1.29 is 14.1 Å². The third-order valence-electron chi connectivity index (χ3n) is 6.21. The quantitative estimate of drug-likeness (QED) is 0.552. The standard InChI is InChI=1S/C22H34N8O3/c1-3-11-32-15-19-26-22(33-27-19)28-9-6-18(7-10-28)30(4-2)20(31)16-12-24-21(25-13-16)29-8-5-17(23)14-29/h12-13,17-18H,3-11,14-15,23H2,1-2H3/t17-/m1/s1. The van der Waals surface area contributed by atoms with Crippen LogP contribution in [0.4, 0.5) is 12.0 Å². The highest BCUT2D eigenvalue weighted by molar-refractivity contribution is 5.94. The number of anilines is 2. The van der Waals surface area contributed by atoms with E-state index in [9.17, 15) is 4.79 Å². The van der Waals surface area contributed by atoms with Crippen molar-refractivity contribution in [2.75, 3.05) is 49.1 Å². The summed E-state index contributed by atoms with van der Waals surface area (Å²) in [7, 11) is 0. The van der Waals surface area contributed by atoms with Gasteiger partial charge in [-0.2, -0.15) is 4.98 Å². The molecule has 4 rings (SSSR count). The highest BCUT2D eigenvalue weighted by Crippen LogP contribution is 2.23. The van der Waals surface area contributed by atoms with E-state index in [4.69, 9.17) is 15.0 Å². The molecule has 2 aromatic heterocycles. The molecule has 2 aromatic rings. The largest absolute Gasteiger partial charge is 0.373 e. The Morgan fingerprint density at radius 2 is 1.91 bits per heavy atom. The predicted octanol–water partition coefficient (Wildman–Crippen LogP) is 1.45. The predicted molar refractivity (Wildman–Crippen MR) is 123 cm³/mol. The van der Waals surface area contributed by atoms with Gasteiger partial charge < -0.3 is 29.7 Å². The lowest BCUT2D eigenvalue weighted by molar-refractivity contribution is 0.0661. The van der Waals surface area contributed by atoms with E-state index in [-0.39, 0.29) is 18.0 Å². The Morgan fingerprint density at radius 1 is 1.18 bits per heavy atom. The summed E-state index contributed by atoms with van der Waals surface area (Å²) in [6, 6.07) is 0.818. The first kappa shape index (κ1) is 23.4. The van der Waals surface area contributed by atoms with Gasteiger partial charge in [0.1, 0.15) is 6.61 Å². The number of piperidine rings is 1. The van der Waals surface area contributed by atoms with E-state index in [1.807, 2.05) is 11.8 Å². The fraction of sp³-hybridized carbons (Fsp3) is 0.682. The van der Waals surface area contributed by atoms with E-state index >= 15 is 0 Å². The third kappa shape index (κ3) is 5.59. The highest BCUT2D eigenvalue weighted by atomic mass is 16.5. The van der Waals surface area contributed by atoms with Crippen LogP contribution in [0.25, 0.3) is 0 Å². The first-order valence-electron chi connectivity index (χ1n) is 11.9. The minimum atomic E-state index is -0.0335. The van der Waals surface area contributed by atoms with Gasteiger partial charge in [0.2, 0.25) is 5.95 Å². The zero-order valence-corrected chi connectivity index (χ0v) is 19.5. The van der Waals surface area contributed by atoms with Gasteiger partial charge in [0, 0.05) is 63.8 Å². The molecule has 0 radical (unpaired) electrons. The molecule has 0 bridgehead atoms. The van der Waals surface area contributed by atoms with Crippen LogP contribution in [0.3, 0.4) is 0 Å². The molecule has 2 saturated heterocycles. The maximum atomic E-state index is 13.2. The van der Waals surface area contributed by atoms with Gasteiger partial charge in [0.05, 0.1) is 5.56 Å². The van der Waals surface area contributed by atoms with Gasteiger partial charge in [0.25, 0.3) is 5.91 Å². The Kier molecular flexibility index (Phi) is 7.71. The maximum Gasteiger partial charge on any atom is 0.324 e. The first-order valence-corrected chi connectivity index (χ1v) is 11.9. The molecule has 0 aliphatic carbocycles. The van der Waals surface area contributed by atoms with Crippen molar-refractivity contribution in [1.29, 1.82) is 0 Å².